The number of thiocarbonyl (C=S) groups is 1. The zero-order valence-electron chi connectivity index (χ0n) is 18.2. The second-order valence-electron chi connectivity index (χ2n) is 8.58. The van der Waals surface area contributed by atoms with Gasteiger partial charge in [0.2, 0.25) is 5.91 Å². The van der Waals surface area contributed by atoms with Crippen LogP contribution in [0.5, 0.6) is 0 Å². The number of carbonyl (C=O) groups excluding carboxylic acids is 2. The van der Waals surface area contributed by atoms with Gasteiger partial charge in [-0.2, -0.15) is 0 Å². The Morgan fingerprint density at radius 1 is 1.12 bits per heavy atom. The lowest BCUT2D eigenvalue weighted by Crippen LogP contribution is -2.50. The molecule has 0 radical (unpaired) electrons. The molecule has 3 unspecified atom stereocenters. The third-order valence-electron chi connectivity index (χ3n) is 5.64. The molecule has 1 heterocycles. The van der Waals surface area contributed by atoms with Crippen LogP contribution in [0.1, 0.15) is 43.0 Å². The third kappa shape index (κ3) is 5.79. The number of benzene rings is 2. The van der Waals surface area contributed by atoms with Crippen LogP contribution in [0.15, 0.2) is 54.6 Å². The van der Waals surface area contributed by atoms with Crippen LogP contribution in [-0.4, -0.2) is 33.8 Å². The highest BCUT2D eigenvalue weighted by Crippen LogP contribution is 2.32. The molecule has 2 amide bonds. The molecule has 2 aromatic carbocycles. The summed E-state index contributed by atoms with van der Waals surface area (Å²) in [7, 11) is 0. The van der Waals surface area contributed by atoms with Crippen molar-refractivity contribution in [1.82, 2.24) is 10.6 Å². The summed E-state index contributed by atoms with van der Waals surface area (Å²) < 4.78 is 0. The van der Waals surface area contributed by atoms with Crippen LogP contribution in [0.3, 0.4) is 0 Å². The Morgan fingerprint density at radius 3 is 2.44 bits per heavy atom. The van der Waals surface area contributed by atoms with Gasteiger partial charge in [-0.15, -0.1) is 0 Å². The van der Waals surface area contributed by atoms with Crippen LogP contribution in [0, 0.1) is 11.8 Å². The molecule has 1 aliphatic heterocycles. The van der Waals surface area contributed by atoms with E-state index in [4.69, 9.17) is 12.2 Å². The van der Waals surface area contributed by atoms with Crippen molar-refractivity contribution in [3.63, 3.8) is 0 Å². The van der Waals surface area contributed by atoms with Crippen molar-refractivity contribution in [2.75, 3.05) is 0 Å². The third-order valence-corrected chi connectivity index (χ3v) is 5.97. The molecule has 3 rings (SSSR count). The van der Waals surface area contributed by atoms with Crippen molar-refractivity contribution in [2.24, 2.45) is 11.8 Å². The number of carbonyl (C=O) groups is 3. The normalized spacial score (nSPS) is 18.8. The summed E-state index contributed by atoms with van der Waals surface area (Å²) in [5.41, 5.74) is 2.53. The van der Waals surface area contributed by atoms with E-state index in [1.54, 1.807) is 0 Å². The summed E-state index contributed by atoms with van der Waals surface area (Å²) in [6.45, 7) is 3.91. The second kappa shape index (κ2) is 10.5. The number of amides is 2. The van der Waals surface area contributed by atoms with Gasteiger partial charge in [0, 0.05) is 12.8 Å². The van der Waals surface area contributed by atoms with E-state index in [-0.39, 0.29) is 17.2 Å². The molecule has 0 aliphatic carbocycles. The van der Waals surface area contributed by atoms with Crippen LogP contribution in [-0.2, 0) is 27.2 Å². The summed E-state index contributed by atoms with van der Waals surface area (Å²) in [6.07, 6.45) is 1.00. The van der Waals surface area contributed by atoms with E-state index in [0.717, 1.165) is 16.7 Å². The Balaban J connectivity index is 1.81. The number of rotatable bonds is 8. The predicted octanol–water partition coefficient (Wildman–Crippen LogP) is 3.24. The zero-order valence-corrected chi connectivity index (χ0v) is 19.0. The van der Waals surface area contributed by atoms with Gasteiger partial charge in [0.05, 0.1) is 16.8 Å². The first-order valence-electron chi connectivity index (χ1n) is 10.7. The van der Waals surface area contributed by atoms with Crippen molar-refractivity contribution in [1.29, 1.82) is 0 Å². The minimum atomic E-state index is -0.953. The van der Waals surface area contributed by atoms with Gasteiger partial charge >= 0.3 is 5.97 Å². The molecule has 0 spiro atoms. The lowest BCUT2D eigenvalue weighted by atomic mass is 9.84. The standard InChI is InChI=1S/C25H28N2O4S/c1-15(2)12-19(25(30)31)22-18-11-7-6-10-17(18)14-20(23(28)27-22)26-24(29)21(32)13-16-8-4-3-5-9-16/h3-11,15,19-20,22H,12-14H2,1-2H3,(H,26,29)(H,27,28)(H,30,31). The van der Waals surface area contributed by atoms with Crippen LogP contribution in [0.25, 0.3) is 0 Å². The van der Waals surface area contributed by atoms with Gasteiger partial charge in [0.15, 0.2) is 0 Å². The fourth-order valence-corrected chi connectivity index (χ4v) is 4.31. The minimum absolute atomic E-state index is 0.147. The maximum Gasteiger partial charge on any atom is 0.308 e. The van der Waals surface area contributed by atoms with E-state index in [0.29, 0.717) is 12.8 Å². The van der Waals surface area contributed by atoms with E-state index in [9.17, 15) is 19.5 Å². The molecule has 0 bridgehead atoms. The first-order valence-corrected chi connectivity index (χ1v) is 11.2. The molecule has 3 atom stereocenters. The molecule has 7 heteroatoms. The van der Waals surface area contributed by atoms with Gasteiger partial charge < -0.3 is 15.7 Å². The number of nitrogens with one attached hydrogen (secondary N) is 2. The first-order chi connectivity index (χ1) is 15.3. The molecule has 2 aromatic rings. The summed E-state index contributed by atoms with van der Waals surface area (Å²) in [6, 6.07) is 15.3. The van der Waals surface area contributed by atoms with Gasteiger partial charge in [-0.3, -0.25) is 14.4 Å². The summed E-state index contributed by atoms with van der Waals surface area (Å²) >= 11 is 5.30. The van der Waals surface area contributed by atoms with Gasteiger partial charge in [-0.05, 0) is 29.0 Å². The Hall–Kier alpha value is -3.06. The lowest BCUT2D eigenvalue weighted by molar-refractivity contribution is -0.144. The average molecular weight is 453 g/mol. The maximum atomic E-state index is 13.1. The van der Waals surface area contributed by atoms with Crippen molar-refractivity contribution >= 4 is 34.9 Å². The highest BCUT2D eigenvalue weighted by Gasteiger charge is 2.37. The van der Waals surface area contributed by atoms with E-state index in [1.165, 1.54) is 0 Å². The highest BCUT2D eigenvalue weighted by atomic mass is 32.1. The fraction of sp³-hybridized carbons (Fsp3) is 0.360. The highest BCUT2D eigenvalue weighted by molar-refractivity contribution is 7.82. The Kier molecular flexibility index (Phi) is 7.75. The fourth-order valence-electron chi connectivity index (χ4n) is 4.09. The number of carboxylic acids is 1. The molecular formula is C25H28N2O4S. The summed E-state index contributed by atoms with van der Waals surface area (Å²) in [5.74, 6) is -2.44. The predicted molar refractivity (Wildman–Crippen MR) is 126 cm³/mol. The van der Waals surface area contributed by atoms with Crippen LogP contribution < -0.4 is 10.6 Å². The van der Waals surface area contributed by atoms with Gasteiger partial charge in [-0.25, -0.2) is 0 Å². The number of aliphatic carboxylic acids is 1. The molecule has 1 aliphatic rings. The largest absolute Gasteiger partial charge is 0.481 e. The van der Waals surface area contributed by atoms with Crippen molar-refractivity contribution in [3.8, 4) is 0 Å². The molecule has 3 N–H and O–H groups in total. The number of carboxylic acid groups (broad SMARTS) is 1. The average Bonchev–Trinajstić information content (AvgIpc) is 2.89. The maximum absolute atomic E-state index is 13.1. The summed E-state index contributed by atoms with van der Waals surface area (Å²) in [5, 5.41) is 15.5. The van der Waals surface area contributed by atoms with E-state index in [1.807, 2.05) is 68.4 Å². The molecule has 168 valence electrons. The van der Waals surface area contributed by atoms with Crippen molar-refractivity contribution < 1.29 is 19.5 Å². The molecule has 0 saturated heterocycles. The van der Waals surface area contributed by atoms with E-state index >= 15 is 0 Å². The monoisotopic (exact) mass is 452 g/mol. The van der Waals surface area contributed by atoms with Crippen LogP contribution in [0.4, 0.5) is 0 Å². The van der Waals surface area contributed by atoms with Crippen molar-refractivity contribution in [2.45, 2.75) is 45.2 Å². The topological polar surface area (TPSA) is 95.5 Å². The van der Waals surface area contributed by atoms with Gasteiger partial charge in [-0.1, -0.05) is 80.7 Å². The smallest absolute Gasteiger partial charge is 0.308 e. The zero-order chi connectivity index (χ0) is 23.3. The summed E-state index contributed by atoms with van der Waals surface area (Å²) in [4.78, 5) is 38.0. The number of fused-ring (bicyclic) bond motifs is 1. The molecule has 6 nitrogen and oxygen atoms in total. The lowest BCUT2D eigenvalue weighted by Gasteiger charge is -2.27. The molecule has 0 aromatic heterocycles. The second-order valence-corrected chi connectivity index (χ2v) is 9.07. The number of hydrogen-bond acceptors (Lipinski definition) is 4. The molecule has 0 saturated carbocycles. The molecule has 32 heavy (non-hydrogen) atoms. The Bertz CT molecular complexity index is 1010. The number of hydrogen-bond donors (Lipinski definition) is 3. The van der Waals surface area contributed by atoms with Crippen molar-refractivity contribution in [3.05, 3.63) is 71.3 Å². The molecule has 0 fully saturated rings. The Labute approximate surface area is 193 Å². The quantitative estimate of drug-likeness (QED) is 0.535. The molecular weight excluding hydrogens is 424 g/mol. The van der Waals surface area contributed by atoms with Gasteiger partial charge in [0.1, 0.15) is 6.04 Å². The van der Waals surface area contributed by atoms with E-state index < -0.39 is 35.8 Å². The first kappa shape index (κ1) is 23.6. The Morgan fingerprint density at radius 2 is 1.78 bits per heavy atom. The minimum Gasteiger partial charge on any atom is -0.481 e. The van der Waals surface area contributed by atoms with Crippen LogP contribution >= 0.6 is 12.2 Å². The van der Waals surface area contributed by atoms with Crippen LogP contribution in [0.2, 0.25) is 0 Å². The van der Waals surface area contributed by atoms with Gasteiger partial charge in [0.25, 0.3) is 5.91 Å². The van der Waals surface area contributed by atoms with E-state index in [2.05, 4.69) is 10.6 Å². The SMILES string of the molecule is CC(C)CC(C(=O)O)C1NC(=O)C(NC(=O)C(=S)Cc2ccccc2)Cc2ccccc21.